The molecule has 0 spiro atoms. The lowest BCUT2D eigenvalue weighted by Gasteiger charge is -2.02. The minimum absolute atomic E-state index is 0.0991. The second-order valence-corrected chi connectivity index (χ2v) is 5.09. The van der Waals surface area contributed by atoms with Crippen molar-refractivity contribution in [3.8, 4) is 11.4 Å². The van der Waals surface area contributed by atoms with E-state index in [1.54, 1.807) is 6.92 Å². The van der Waals surface area contributed by atoms with Crippen LogP contribution in [0.15, 0.2) is 48.5 Å². The first kappa shape index (κ1) is 15.3. The zero-order chi connectivity index (χ0) is 17.1. The zero-order valence-electron chi connectivity index (χ0n) is 12.7. The monoisotopic (exact) mass is 323 g/mol. The Kier molecular flexibility index (Phi) is 4.02. The lowest BCUT2D eigenvalue weighted by Crippen LogP contribution is -2.13. The van der Waals surface area contributed by atoms with E-state index in [2.05, 4.69) is 20.5 Å². The molecule has 0 saturated carbocycles. The number of nitro groups is 1. The molecule has 1 heterocycles. The maximum Gasteiger partial charge on any atom is 0.273 e. The first-order valence-electron chi connectivity index (χ1n) is 7.09. The van der Waals surface area contributed by atoms with Crippen LogP contribution in [0, 0.1) is 17.0 Å². The standard InChI is InChI=1S/C16H13N5O3/c1-10-7-8-12(9-13(10)21(23)24)15(22)18-16-17-14(19-20-16)11-5-3-2-4-6-11/h2-9H,1H3,(H2,17,18,19,20,22). The minimum atomic E-state index is -0.521. The minimum Gasteiger partial charge on any atom is -0.289 e. The van der Waals surface area contributed by atoms with Crippen LogP contribution in [-0.2, 0) is 0 Å². The summed E-state index contributed by atoms with van der Waals surface area (Å²) in [6.07, 6.45) is 0. The van der Waals surface area contributed by atoms with Crippen molar-refractivity contribution < 1.29 is 9.72 Å². The van der Waals surface area contributed by atoms with Crippen molar-refractivity contribution in [1.29, 1.82) is 0 Å². The number of carbonyl (C=O) groups excluding carboxylic acids is 1. The number of amides is 1. The van der Waals surface area contributed by atoms with Crippen molar-refractivity contribution in [2.24, 2.45) is 0 Å². The molecule has 0 atom stereocenters. The molecule has 0 bridgehead atoms. The van der Waals surface area contributed by atoms with Crippen LogP contribution in [0.3, 0.4) is 0 Å². The Hall–Kier alpha value is -3.55. The van der Waals surface area contributed by atoms with E-state index in [1.807, 2.05) is 30.3 Å². The largest absolute Gasteiger partial charge is 0.289 e. The average molecular weight is 323 g/mol. The summed E-state index contributed by atoms with van der Waals surface area (Å²) in [5.41, 5.74) is 1.37. The van der Waals surface area contributed by atoms with Crippen LogP contribution in [0.2, 0.25) is 0 Å². The second-order valence-electron chi connectivity index (χ2n) is 5.09. The van der Waals surface area contributed by atoms with Gasteiger partial charge in [0.15, 0.2) is 5.82 Å². The van der Waals surface area contributed by atoms with Gasteiger partial charge in [0.25, 0.3) is 11.6 Å². The van der Waals surface area contributed by atoms with Crippen LogP contribution in [-0.4, -0.2) is 26.0 Å². The van der Waals surface area contributed by atoms with Crippen molar-refractivity contribution in [2.45, 2.75) is 6.92 Å². The summed E-state index contributed by atoms with van der Waals surface area (Å²) in [7, 11) is 0. The Balaban J connectivity index is 1.80. The first-order valence-corrected chi connectivity index (χ1v) is 7.09. The molecule has 1 amide bonds. The number of aromatic amines is 1. The van der Waals surface area contributed by atoms with E-state index in [4.69, 9.17) is 0 Å². The van der Waals surface area contributed by atoms with Crippen LogP contribution in [0.4, 0.5) is 11.6 Å². The first-order chi connectivity index (χ1) is 11.5. The molecule has 3 rings (SSSR count). The normalized spacial score (nSPS) is 10.4. The van der Waals surface area contributed by atoms with Crippen molar-refractivity contribution >= 4 is 17.5 Å². The molecule has 2 aromatic carbocycles. The smallest absolute Gasteiger partial charge is 0.273 e. The Bertz CT molecular complexity index is 905. The lowest BCUT2D eigenvalue weighted by atomic mass is 10.1. The summed E-state index contributed by atoms with van der Waals surface area (Å²) >= 11 is 0. The van der Waals surface area contributed by atoms with Crippen LogP contribution in [0.5, 0.6) is 0 Å². The van der Waals surface area contributed by atoms with Gasteiger partial charge in [-0.2, -0.15) is 4.98 Å². The third-order valence-electron chi connectivity index (χ3n) is 3.43. The zero-order valence-corrected chi connectivity index (χ0v) is 12.7. The van der Waals surface area contributed by atoms with Gasteiger partial charge in [0.1, 0.15) is 0 Å². The summed E-state index contributed by atoms with van der Waals surface area (Å²) in [4.78, 5) is 26.8. The van der Waals surface area contributed by atoms with Crippen LogP contribution < -0.4 is 5.32 Å². The number of benzene rings is 2. The highest BCUT2D eigenvalue weighted by atomic mass is 16.6. The fourth-order valence-corrected chi connectivity index (χ4v) is 2.16. The molecule has 0 aliphatic carbocycles. The molecule has 0 aliphatic rings. The van der Waals surface area contributed by atoms with Gasteiger partial charge in [-0.25, -0.2) is 0 Å². The Morgan fingerprint density at radius 1 is 1.21 bits per heavy atom. The predicted molar refractivity (Wildman–Crippen MR) is 87.6 cm³/mol. The maximum absolute atomic E-state index is 12.2. The molecule has 0 aliphatic heterocycles. The van der Waals surface area contributed by atoms with Gasteiger partial charge in [-0.15, -0.1) is 5.10 Å². The number of nitrogens with one attached hydrogen (secondary N) is 2. The Labute approximate surface area is 136 Å². The average Bonchev–Trinajstić information content (AvgIpc) is 3.04. The molecule has 8 nitrogen and oxygen atoms in total. The topological polar surface area (TPSA) is 114 Å². The summed E-state index contributed by atoms with van der Waals surface area (Å²) in [5.74, 6) is 0.0968. The number of aryl methyl sites for hydroxylation is 1. The SMILES string of the molecule is Cc1ccc(C(=O)Nc2n[nH]c(-c3ccccc3)n2)cc1[N+](=O)[O-]. The predicted octanol–water partition coefficient (Wildman–Crippen LogP) is 2.94. The third-order valence-corrected chi connectivity index (χ3v) is 3.43. The van der Waals surface area contributed by atoms with Gasteiger partial charge in [0.2, 0.25) is 5.95 Å². The van der Waals surface area contributed by atoms with Gasteiger partial charge in [0, 0.05) is 22.8 Å². The molecular weight excluding hydrogens is 310 g/mol. The molecule has 2 N–H and O–H groups in total. The van der Waals surface area contributed by atoms with Gasteiger partial charge < -0.3 is 0 Å². The quantitative estimate of drug-likeness (QED) is 0.566. The molecule has 0 unspecified atom stereocenters. The number of rotatable bonds is 4. The van der Waals surface area contributed by atoms with Gasteiger partial charge in [0.05, 0.1) is 4.92 Å². The van der Waals surface area contributed by atoms with Gasteiger partial charge in [-0.3, -0.25) is 25.3 Å². The second kappa shape index (κ2) is 6.29. The van der Waals surface area contributed by atoms with Crippen LogP contribution in [0.25, 0.3) is 11.4 Å². The molecule has 8 heteroatoms. The van der Waals surface area contributed by atoms with E-state index in [9.17, 15) is 14.9 Å². The van der Waals surface area contributed by atoms with E-state index >= 15 is 0 Å². The summed E-state index contributed by atoms with van der Waals surface area (Å²) < 4.78 is 0. The summed E-state index contributed by atoms with van der Waals surface area (Å²) in [6, 6.07) is 13.6. The molecule has 24 heavy (non-hydrogen) atoms. The molecular formula is C16H13N5O3. The molecule has 1 aromatic heterocycles. The molecule has 3 aromatic rings. The fourth-order valence-electron chi connectivity index (χ4n) is 2.16. The third kappa shape index (κ3) is 3.12. The fraction of sp³-hybridized carbons (Fsp3) is 0.0625. The molecule has 0 saturated heterocycles. The van der Waals surface area contributed by atoms with E-state index < -0.39 is 10.8 Å². The highest BCUT2D eigenvalue weighted by Gasteiger charge is 2.16. The van der Waals surface area contributed by atoms with Gasteiger partial charge >= 0.3 is 0 Å². The molecule has 0 fully saturated rings. The van der Waals surface area contributed by atoms with Crippen molar-refractivity contribution in [2.75, 3.05) is 5.32 Å². The van der Waals surface area contributed by atoms with Gasteiger partial charge in [-0.05, 0) is 13.0 Å². The Morgan fingerprint density at radius 3 is 2.67 bits per heavy atom. The highest BCUT2D eigenvalue weighted by Crippen LogP contribution is 2.20. The van der Waals surface area contributed by atoms with Crippen molar-refractivity contribution in [1.82, 2.24) is 15.2 Å². The summed E-state index contributed by atoms with van der Waals surface area (Å²) in [6.45, 7) is 1.61. The summed E-state index contributed by atoms with van der Waals surface area (Å²) in [5, 5.41) is 20.1. The van der Waals surface area contributed by atoms with Crippen molar-refractivity contribution in [3.63, 3.8) is 0 Å². The highest BCUT2D eigenvalue weighted by molar-refractivity contribution is 6.03. The number of aromatic nitrogens is 3. The number of hydrogen-bond donors (Lipinski definition) is 2. The van der Waals surface area contributed by atoms with Crippen LogP contribution in [0.1, 0.15) is 15.9 Å². The van der Waals surface area contributed by atoms with E-state index in [0.717, 1.165) is 5.56 Å². The van der Waals surface area contributed by atoms with E-state index in [1.165, 1.54) is 18.2 Å². The molecule has 0 radical (unpaired) electrons. The number of carbonyl (C=O) groups is 1. The van der Waals surface area contributed by atoms with E-state index in [-0.39, 0.29) is 17.2 Å². The number of hydrogen-bond acceptors (Lipinski definition) is 5. The lowest BCUT2D eigenvalue weighted by molar-refractivity contribution is -0.385. The number of nitrogens with zero attached hydrogens (tertiary/aromatic N) is 3. The van der Waals surface area contributed by atoms with E-state index in [0.29, 0.717) is 11.4 Å². The van der Waals surface area contributed by atoms with Crippen LogP contribution >= 0.6 is 0 Å². The Morgan fingerprint density at radius 2 is 1.96 bits per heavy atom. The molecule has 120 valence electrons. The van der Waals surface area contributed by atoms with Gasteiger partial charge in [-0.1, -0.05) is 36.4 Å². The van der Waals surface area contributed by atoms with Crippen molar-refractivity contribution in [3.05, 3.63) is 69.8 Å². The number of H-pyrrole nitrogens is 1. The maximum atomic E-state index is 12.2. The number of nitro benzene ring substituents is 1. The number of anilines is 1.